The van der Waals surface area contributed by atoms with Gasteiger partial charge in [-0.3, -0.25) is 9.59 Å². The first kappa shape index (κ1) is 13.7. The molecule has 0 saturated carbocycles. The smallest absolute Gasteiger partial charge is 0.270 e. The van der Waals surface area contributed by atoms with E-state index in [2.05, 4.69) is 15.6 Å². The second kappa shape index (κ2) is 6.44. The van der Waals surface area contributed by atoms with Gasteiger partial charge < -0.3 is 10.6 Å². The molecule has 0 unspecified atom stereocenters. The molecular weight excluding hydrogens is 282 g/mol. The maximum absolute atomic E-state index is 11.8. The standard InChI is InChI=1S/C12H13N3O2S2/c1-8(16)13-3-4-14-11(17)10-7-19-12(15-10)9-2-5-18-6-9/h2,5-7H,3-4H2,1H3,(H,13,16)(H,14,17). The second-order valence-corrected chi connectivity index (χ2v) is 5.43. The number of nitrogens with zero attached hydrogens (tertiary/aromatic N) is 1. The van der Waals surface area contributed by atoms with Crippen molar-refractivity contribution in [1.29, 1.82) is 0 Å². The van der Waals surface area contributed by atoms with E-state index in [4.69, 9.17) is 0 Å². The quantitative estimate of drug-likeness (QED) is 0.825. The first-order chi connectivity index (χ1) is 9.16. The van der Waals surface area contributed by atoms with Gasteiger partial charge in [0.1, 0.15) is 10.7 Å². The molecule has 0 fully saturated rings. The summed E-state index contributed by atoms with van der Waals surface area (Å²) < 4.78 is 0. The van der Waals surface area contributed by atoms with Gasteiger partial charge in [-0.15, -0.1) is 11.3 Å². The lowest BCUT2D eigenvalue weighted by atomic mass is 10.3. The number of carbonyl (C=O) groups is 2. The molecule has 0 atom stereocenters. The van der Waals surface area contributed by atoms with E-state index in [1.165, 1.54) is 18.3 Å². The molecule has 0 radical (unpaired) electrons. The molecule has 100 valence electrons. The number of hydrogen-bond donors (Lipinski definition) is 2. The Bertz CT molecular complexity index is 563. The lowest BCUT2D eigenvalue weighted by molar-refractivity contribution is -0.118. The summed E-state index contributed by atoms with van der Waals surface area (Å²) in [5.41, 5.74) is 1.45. The first-order valence-electron chi connectivity index (χ1n) is 5.67. The molecule has 2 aromatic heterocycles. The van der Waals surface area contributed by atoms with Gasteiger partial charge >= 0.3 is 0 Å². The highest BCUT2D eigenvalue weighted by atomic mass is 32.1. The number of thiazole rings is 1. The van der Waals surface area contributed by atoms with Gasteiger partial charge in [-0.25, -0.2) is 4.98 Å². The Morgan fingerprint density at radius 1 is 1.26 bits per heavy atom. The Balaban J connectivity index is 1.88. The van der Waals surface area contributed by atoms with E-state index in [9.17, 15) is 9.59 Å². The van der Waals surface area contributed by atoms with E-state index in [0.29, 0.717) is 18.8 Å². The van der Waals surface area contributed by atoms with Gasteiger partial charge in [-0.2, -0.15) is 11.3 Å². The third-order valence-electron chi connectivity index (χ3n) is 2.29. The van der Waals surface area contributed by atoms with Gasteiger partial charge in [-0.05, 0) is 11.4 Å². The Labute approximate surface area is 118 Å². The van der Waals surface area contributed by atoms with Gasteiger partial charge in [0.15, 0.2) is 0 Å². The number of hydrogen-bond acceptors (Lipinski definition) is 5. The maximum Gasteiger partial charge on any atom is 0.270 e. The van der Waals surface area contributed by atoms with E-state index in [-0.39, 0.29) is 11.8 Å². The third kappa shape index (κ3) is 3.87. The predicted molar refractivity (Wildman–Crippen MR) is 76.4 cm³/mol. The average Bonchev–Trinajstić information content (AvgIpc) is 3.03. The zero-order chi connectivity index (χ0) is 13.7. The lowest BCUT2D eigenvalue weighted by Gasteiger charge is -2.03. The van der Waals surface area contributed by atoms with E-state index in [1.54, 1.807) is 16.7 Å². The van der Waals surface area contributed by atoms with E-state index in [1.807, 2.05) is 16.8 Å². The minimum atomic E-state index is -0.219. The normalized spacial score (nSPS) is 10.2. The van der Waals surface area contributed by atoms with Crippen molar-refractivity contribution in [3.8, 4) is 10.6 Å². The molecule has 0 aliphatic rings. The average molecular weight is 295 g/mol. The summed E-state index contributed by atoms with van der Waals surface area (Å²) in [5, 5.41) is 11.9. The van der Waals surface area contributed by atoms with Crippen LogP contribution in [0.1, 0.15) is 17.4 Å². The fraction of sp³-hybridized carbons (Fsp3) is 0.250. The molecule has 2 aromatic rings. The van der Waals surface area contributed by atoms with Crippen LogP contribution < -0.4 is 10.6 Å². The lowest BCUT2D eigenvalue weighted by Crippen LogP contribution is -2.33. The Morgan fingerprint density at radius 3 is 2.74 bits per heavy atom. The molecule has 5 nitrogen and oxygen atoms in total. The van der Waals surface area contributed by atoms with Crippen molar-refractivity contribution in [3.63, 3.8) is 0 Å². The molecule has 0 aliphatic heterocycles. The number of carbonyl (C=O) groups excluding carboxylic acids is 2. The molecule has 0 saturated heterocycles. The summed E-state index contributed by atoms with van der Waals surface area (Å²) in [6, 6.07) is 1.97. The van der Waals surface area contributed by atoms with Crippen LogP contribution in [-0.4, -0.2) is 29.9 Å². The fourth-order valence-electron chi connectivity index (χ4n) is 1.40. The van der Waals surface area contributed by atoms with Crippen molar-refractivity contribution in [2.45, 2.75) is 6.92 Å². The number of rotatable bonds is 5. The Kier molecular flexibility index (Phi) is 4.64. The first-order valence-corrected chi connectivity index (χ1v) is 7.50. The molecule has 19 heavy (non-hydrogen) atoms. The zero-order valence-corrected chi connectivity index (χ0v) is 11.9. The SMILES string of the molecule is CC(=O)NCCNC(=O)c1csc(-c2ccsc2)n1. The van der Waals surface area contributed by atoms with Crippen LogP contribution in [0.5, 0.6) is 0 Å². The molecule has 2 rings (SSSR count). The van der Waals surface area contributed by atoms with Crippen LogP contribution in [0.15, 0.2) is 22.2 Å². The topological polar surface area (TPSA) is 71.1 Å². The van der Waals surface area contributed by atoms with Gasteiger partial charge in [0.05, 0.1) is 0 Å². The van der Waals surface area contributed by atoms with Crippen LogP contribution in [0.2, 0.25) is 0 Å². The van der Waals surface area contributed by atoms with Gasteiger partial charge in [0.2, 0.25) is 5.91 Å². The number of aromatic nitrogens is 1. The summed E-state index contributed by atoms with van der Waals surface area (Å²) in [6.07, 6.45) is 0. The Hall–Kier alpha value is -1.73. The van der Waals surface area contributed by atoms with Crippen LogP contribution in [0.4, 0.5) is 0 Å². The van der Waals surface area contributed by atoms with Gasteiger partial charge in [0, 0.05) is 36.3 Å². The third-order valence-corrected chi connectivity index (χ3v) is 3.86. The summed E-state index contributed by atoms with van der Waals surface area (Å²) in [5.74, 6) is -0.328. The second-order valence-electron chi connectivity index (χ2n) is 3.79. The van der Waals surface area contributed by atoms with Crippen LogP contribution in [0.3, 0.4) is 0 Å². The molecule has 2 heterocycles. The molecule has 2 amide bonds. The minimum Gasteiger partial charge on any atom is -0.355 e. The minimum absolute atomic E-state index is 0.109. The zero-order valence-electron chi connectivity index (χ0n) is 10.3. The van der Waals surface area contributed by atoms with E-state index < -0.39 is 0 Å². The summed E-state index contributed by atoms with van der Waals surface area (Å²) in [7, 11) is 0. The van der Waals surface area contributed by atoms with Gasteiger partial charge in [-0.1, -0.05) is 0 Å². The van der Waals surface area contributed by atoms with Crippen LogP contribution in [0.25, 0.3) is 10.6 Å². The fourth-order valence-corrected chi connectivity index (χ4v) is 2.91. The number of thiophene rings is 1. The van der Waals surface area contributed by atoms with Crippen LogP contribution in [-0.2, 0) is 4.79 Å². The summed E-state index contributed by atoms with van der Waals surface area (Å²) >= 11 is 3.04. The predicted octanol–water partition coefficient (Wildman–Crippen LogP) is 1.74. The summed E-state index contributed by atoms with van der Waals surface area (Å²) in [4.78, 5) is 26.7. The highest BCUT2D eigenvalue weighted by Crippen LogP contribution is 2.25. The monoisotopic (exact) mass is 295 g/mol. The highest BCUT2D eigenvalue weighted by molar-refractivity contribution is 7.14. The van der Waals surface area contributed by atoms with Crippen molar-refractivity contribution < 1.29 is 9.59 Å². The van der Waals surface area contributed by atoms with Crippen LogP contribution >= 0.6 is 22.7 Å². The Morgan fingerprint density at radius 2 is 2.05 bits per heavy atom. The maximum atomic E-state index is 11.8. The molecular formula is C12H13N3O2S2. The molecule has 7 heteroatoms. The molecule has 2 N–H and O–H groups in total. The van der Waals surface area contributed by atoms with Crippen molar-refractivity contribution in [3.05, 3.63) is 27.9 Å². The van der Waals surface area contributed by atoms with E-state index in [0.717, 1.165) is 10.6 Å². The molecule has 0 aromatic carbocycles. The van der Waals surface area contributed by atoms with Crippen LogP contribution in [0, 0.1) is 0 Å². The molecule has 0 spiro atoms. The van der Waals surface area contributed by atoms with Crippen molar-refractivity contribution in [1.82, 2.24) is 15.6 Å². The largest absolute Gasteiger partial charge is 0.355 e. The molecule has 0 bridgehead atoms. The van der Waals surface area contributed by atoms with Crippen molar-refractivity contribution in [2.75, 3.05) is 13.1 Å². The molecule has 0 aliphatic carbocycles. The number of amides is 2. The number of nitrogens with one attached hydrogen (secondary N) is 2. The highest BCUT2D eigenvalue weighted by Gasteiger charge is 2.11. The summed E-state index contributed by atoms with van der Waals surface area (Å²) in [6.45, 7) is 2.25. The van der Waals surface area contributed by atoms with Crippen molar-refractivity contribution in [2.24, 2.45) is 0 Å². The van der Waals surface area contributed by atoms with Gasteiger partial charge in [0.25, 0.3) is 5.91 Å². The van der Waals surface area contributed by atoms with E-state index >= 15 is 0 Å². The van der Waals surface area contributed by atoms with Crippen molar-refractivity contribution >= 4 is 34.5 Å².